The fourth-order valence-electron chi connectivity index (χ4n) is 7.72. The smallest absolute Gasteiger partial charge is 0.0105 e. The van der Waals surface area contributed by atoms with Crippen LogP contribution in [0.15, 0.2) is 194 Å². The van der Waals surface area contributed by atoms with Gasteiger partial charge in [0.05, 0.1) is 0 Å². The first-order valence-corrected chi connectivity index (χ1v) is 17.3. The van der Waals surface area contributed by atoms with E-state index in [1.165, 1.54) is 98.4 Å². The standard InChI is InChI=1S/C50H32/c1-2-6-33(7-3-1)39-20-24-47-43(29-39)16-18-45-31-41(22-26-49(45)47)42-23-27-50-46(32-42)19-17-44-30-40(21-25-48(44)50)36-12-10-35(11-13-36)38-15-14-34-8-4-5-9-37(34)28-38/h1-32H. The van der Waals surface area contributed by atoms with E-state index in [4.69, 9.17) is 0 Å². The van der Waals surface area contributed by atoms with E-state index in [1.54, 1.807) is 0 Å². The van der Waals surface area contributed by atoms with Crippen LogP contribution in [0.3, 0.4) is 0 Å². The zero-order chi connectivity index (χ0) is 33.0. The molecule has 0 saturated heterocycles. The van der Waals surface area contributed by atoms with Gasteiger partial charge >= 0.3 is 0 Å². The van der Waals surface area contributed by atoms with E-state index in [0.717, 1.165) is 0 Å². The van der Waals surface area contributed by atoms with E-state index in [0.29, 0.717) is 0 Å². The molecule has 0 heteroatoms. The van der Waals surface area contributed by atoms with E-state index < -0.39 is 0 Å². The van der Waals surface area contributed by atoms with Gasteiger partial charge in [0.2, 0.25) is 0 Å². The minimum Gasteiger partial charge on any atom is -0.0622 e. The van der Waals surface area contributed by atoms with Crippen LogP contribution in [0.25, 0.3) is 98.4 Å². The predicted molar refractivity (Wildman–Crippen MR) is 216 cm³/mol. The van der Waals surface area contributed by atoms with Crippen molar-refractivity contribution in [2.45, 2.75) is 0 Å². The highest BCUT2D eigenvalue weighted by Crippen LogP contribution is 2.36. The van der Waals surface area contributed by atoms with Crippen LogP contribution in [0.2, 0.25) is 0 Å². The van der Waals surface area contributed by atoms with E-state index in [1.807, 2.05) is 0 Å². The Kier molecular flexibility index (Phi) is 6.60. The molecule has 0 aromatic heterocycles. The number of rotatable bonds is 4. The van der Waals surface area contributed by atoms with E-state index in [9.17, 15) is 0 Å². The Bertz CT molecular complexity index is 2900. The fraction of sp³-hybridized carbons (Fsp3) is 0. The van der Waals surface area contributed by atoms with Gasteiger partial charge < -0.3 is 0 Å². The average molecular weight is 633 g/mol. The summed E-state index contributed by atoms with van der Waals surface area (Å²) in [5.74, 6) is 0. The lowest BCUT2D eigenvalue weighted by Crippen LogP contribution is -1.85. The number of hydrogen-bond donors (Lipinski definition) is 0. The van der Waals surface area contributed by atoms with Gasteiger partial charge in [-0.2, -0.15) is 0 Å². The quantitative estimate of drug-likeness (QED) is 0.169. The molecule has 10 aromatic rings. The normalized spacial score (nSPS) is 11.6. The van der Waals surface area contributed by atoms with Crippen molar-refractivity contribution in [2.75, 3.05) is 0 Å². The van der Waals surface area contributed by atoms with Gasteiger partial charge in [-0.3, -0.25) is 0 Å². The Labute approximate surface area is 291 Å². The second-order valence-electron chi connectivity index (χ2n) is 13.4. The summed E-state index contributed by atoms with van der Waals surface area (Å²) in [7, 11) is 0. The maximum atomic E-state index is 2.34. The van der Waals surface area contributed by atoms with Gasteiger partial charge in [0.25, 0.3) is 0 Å². The highest BCUT2D eigenvalue weighted by molar-refractivity contribution is 6.11. The summed E-state index contributed by atoms with van der Waals surface area (Å²) >= 11 is 0. The number of benzene rings is 10. The average Bonchev–Trinajstić information content (AvgIpc) is 3.20. The Morgan fingerprint density at radius 1 is 0.160 bits per heavy atom. The molecule has 0 fully saturated rings. The third-order valence-corrected chi connectivity index (χ3v) is 10.4. The predicted octanol–water partition coefficient (Wildman–Crippen LogP) is 14.1. The monoisotopic (exact) mass is 632 g/mol. The molecule has 0 bridgehead atoms. The third kappa shape index (κ3) is 4.93. The lowest BCUT2D eigenvalue weighted by Gasteiger charge is -2.11. The minimum atomic E-state index is 1.23. The summed E-state index contributed by atoms with van der Waals surface area (Å²) in [5.41, 5.74) is 9.92. The first-order valence-electron chi connectivity index (χ1n) is 17.3. The van der Waals surface area contributed by atoms with Gasteiger partial charge in [-0.05, 0) is 129 Å². The molecule has 10 rings (SSSR count). The third-order valence-electron chi connectivity index (χ3n) is 10.4. The van der Waals surface area contributed by atoms with Crippen LogP contribution in [0.4, 0.5) is 0 Å². The molecule has 0 aliphatic heterocycles. The summed E-state index contributed by atoms with van der Waals surface area (Å²) < 4.78 is 0. The molecule has 0 aliphatic rings. The van der Waals surface area contributed by atoms with E-state index in [2.05, 4.69) is 194 Å². The van der Waals surface area contributed by atoms with Crippen LogP contribution in [-0.2, 0) is 0 Å². The van der Waals surface area contributed by atoms with Gasteiger partial charge in [-0.15, -0.1) is 0 Å². The van der Waals surface area contributed by atoms with E-state index in [-0.39, 0.29) is 0 Å². The molecule has 0 N–H and O–H groups in total. The van der Waals surface area contributed by atoms with Crippen molar-refractivity contribution in [3.63, 3.8) is 0 Å². The maximum Gasteiger partial charge on any atom is -0.0105 e. The molecular weight excluding hydrogens is 601 g/mol. The Hall–Kier alpha value is -6.50. The molecule has 232 valence electrons. The lowest BCUT2D eigenvalue weighted by molar-refractivity contribution is 1.62. The maximum absolute atomic E-state index is 2.34. The summed E-state index contributed by atoms with van der Waals surface area (Å²) in [6.45, 7) is 0. The van der Waals surface area contributed by atoms with Crippen molar-refractivity contribution in [3.8, 4) is 44.5 Å². The lowest BCUT2D eigenvalue weighted by atomic mass is 9.93. The van der Waals surface area contributed by atoms with Crippen molar-refractivity contribution in [2.24, 2.45) is 0 Å². The van der Waals surface area contributed by atoms with Crippen LogP contribution in [0, 0.1) is 0 Å². The molecule has 0 amide bonds. The first kappa shape index (κ1) is 28.5. The molecular formula is C50H32. The van der Waals surface area contributed by atoms with Crippen molar-refractivity contribution < 1.29 is 0 Å². The zero-order valence-corrected chi connectivity index (χ0v) is 27.5. The Morgan fingerprint density at radius 3 is 0.880 bits per heavy atom. The molecule has 0 saturated carbocycles. The van der Waals surface area contributed by atoms with E-state index >= 15 is 0 Å². The summed E-state index contributed by atoms with van der Waals surface area (Å²) in [4.78, 5) is 0. The number of hydrogen-bond acceptors (Lipinski definition) is 0. The molecule has 0 nitrogen and oxygen atoms in total. The highest BCUT2D eigenvalue weighted by Gasteiger charge is 2.09. The van der Waals surface area contributed by atoms with Gasteiger partial charge in [0, 0.05) is 0 Å². The van der Waals surface area contributed by atoms with Crippen LogP contribution < -0.4 is 0 Å². The van der Waals surface area contributed by atoms with Crippen LogP contribution in [0.1, 0.15) is 0 Å². The molecule has 0 aliphatic carbocycles. The van der Waals surface area contributed by atoms with Gasteiger partial charge in [-0.25, -0.2) is 0 Å². The first-order chi connectivity index (χ1) is 24.7. The second-order valence-corrected chi connectivity index (χ2v) is 13.4. The SMILES string of the molecule is c1ccc(-c2ccc3c(ccc4cc(-c5ccc6c(ccc7cc(-c8ccc(-c9ccc%10ccccc%10c9)cc8)ccc76)c5)ccc43)c2)cc1. The fourth-order valence-corrected chi connectivity index (χ4v) is 7.72. The summed E-state index contributed by atoms with van der Waals surface area (Å²) in [6.07, 6.45) is 0. The van der Waals surface area contributed by atoms with Crippen LogP contribution in [-0.4, -0.2) is 0 Å². The van der Waals surface area contributed by atoms with Crippen molar-refractivity contribution in [3.05, 3.63) is 194 Å². The minimum absolute atomic E-state index is 1.23. The topological polar surface area (TPSA) is 0 Å². The summed E-state index contributed by atoms with van der Waals surface area (Å²) in [6, 6.07) is 71.3. The second kappa shape index (κ2) is 11.6. The molecule has 50 heavy (non-hydrogen) atoms. The van der Waals surface area contributed by atoms with Crippen molar-refractivity contribution in [1.29, 1.82) is 0 Å². The van der Waals surface area contributed by atoms with Gasteiger partial charge in [0.15, 0.2) is 0 Å². The molecule has 0 atom stereocenters. The number of fused-ring (bicyclic) bond motifs is 7. The molecule has 0 unspecified atom stereocenters. The molecule has 0 spiro atoms. The zero-order valence-electron chi connectivity index (χ0n) is 27.5. The molecule has 10 aromatic carbocycles. The highest BCUT2D eigenvalue weighted by atomic mass is 14.1. The Morgan fingerprint density at radius 2 is 0.440 bits per heavy atom. The van der Waals surface area contributed by atoms with Gasteiger partial charge in [0.1, 0.15) is 0 Å². The molecule has 0 heterocycles. The van der Waals surface area contributed by atoms with Gasteiger partial charge in [-0.1, -0.05) is 164 Å². The molecule has 0 radical (unpaired) electrons. The van der Waals surface area contributed by atoms with Crippen molar-refractivity contribution >= 4 is 53.9 Å². The van der Waals surface area contributed by atoms with Crippen LogP contribution in [0.5, 0.6) is 0 Å². The Balaban J connectivity index is 0.946. The van der Waals surface area contributed by atoms with Crippen molar-refractivity contribution in [1.82, 2.24) is 0 Å². The largest absolute Gasteiger partial charge is 0.0622 e. The van der Waals surface area contributed by atoms with Crippen LogP contribution >= 0.6 is 0 Å². The summed E-state index contributed by atoms with van der Waals surface area (Å²) in [5, 5.41) is 12.7.